The maximum absolute atomic E-state index is 4.04. The first-order valence-electron chi connectivity index (χ1n) is 2.93. The Bertz CT molecular complexity index is 197. The first kappa shape index (κ1) is 7.95. The van der Waals surface area contributed by atoms with Crippen LogP contribution in [0.25, 0.3) is 0 Å². The zero-order valence-corrected chi connectivity index (χ0v) is 7.82. The van der Waals surface area contributed by atoms with Crippen LogP contribution in [0.4, 0.5) is 5.69 Å². The molecule has 0 radical (unpaired) electrons. The van der Waals surface area contributed by atoms with Gasteiger partial charge in [0.1, 0.15) is 0 Å². The van der Waals surface area contributed by atoms with E-state index in [4.69, 9.17) is 0 Å². The molecule has 0 aliphatic carbocycles. The van der Waals surface area contributed by atoms with Crippen molar-refractivity contribution >= 4 is 34.2 Å². The average molecular weight is 218 g/mol. The van der Waals surface area contributed by atoms with Crippen molar-refractivity contribution in [3.05, 3.63) is 28.7 Å². The maximum atomic E-state index is 4.04. The highest BCUT2D eigenvalue weighted by molar-refractivity contribution is 9.10. The Balaban J connectivity index is 2.69. The van der Waals surface area contributed by atoms with E-state index in [1.54, 1.807) is 0 Å². The molecule has 0 fully saturated rings. The lowest BCUT2D eigenvalue weighted by atomic mass is 10.3. The lowest BCUT2D eigenvalue weighted by molar-refractivity contribution is 1.46. The first-order chi connectivity index (χ1) is 4.83. The standard InChI is InChI=1S/C7H8BrNS/c8-6-1-3-7(4-2-6)9-5-10/h1-4,9-10H,5H2. The molecule has 0 saturated heterocycles. The van der Waals surface area contributed by atoms with Crippen LogP contribution in [-0.2, 0) is 0 Å². The van der Waals surface area contributed by atoms with Crippen LogP contribution in [0.5, 0.6) is 0 Å². The molecule has 1 rings (SSSR count). The Kier molecular flexibility index (Phi) is 3.09. The molecule has 1 N–H and O–H groups in total. The van der Waals surface area contributed by atoms with E-state index in [9.17, 15) is 0 Å². The van der Waals surface area contributed by atoms with Crippen molar-refractivity contribution in [1.82, 2.24) is 0 Å². The number of hydrogen-bond donors (Lipinski definition) is 2. The van der Waals surface area contributed by atoms with Crippen molar-refractivity contribution < 1.29 is 0 Å². The molecule has 1 nitrogen and oxygen atoms in total. The molecule has 0 amide bonds. The Morgan fingerprint density at radius 3 is 2.40 bits per heavy atom. The summed E-state index contributed by atoms with van der Waals surface area (Å²) in [6.45, 7) is 0. The molecule has 0 spiro atoms. The third-order valence-electron chi connectivity index (χ3n) is 1.13. The molecular formula is C7H8BrNS. The fourth-order valence-electron chi connectivity index (χ4n) is 0.659. The summed E-state index contributed by atoms with van der Waals surface area (Å²) >= 11 is 7.38. The minimum Gasteiger partial charge on any atom is -0.376 e. The first-order valence-corrected chi connectivity index (χ1v) is 4.36. The van der Waals surface area contributed by atoms with Gasteiger partial charge in [-0.3, -0.25) is 0 Å². The molecule has 0 aliphatic heterocycles. The number of rotatable bonds is 2. The van der Waals surface area contributed by atoms with Gasteiger partial charge in [0, 0.05) is 10.2 Å². The van der Waals surface area contributed by atoms with Crippen LogP contribution in [0, 0.1) is 0 Å². The molecule has 10 heavy (non-hydrogen) atoms. The van der Waals surface area contributed by atoms with E-state index in [0.717, 1.165) is 10.2 Å². The van der Waals surface area contributed by atoms with Gasteiger partial charge in [-0.15, -0.1) is 0 Å². The SMILES string of the molecule is SCNc1ccc(Br)cc1. The van der Waals surface area contributed by atoms with Gasteiger partial charge in [-0.2, -0.15) is 12.6 Å². The molecule has 0 bridgehead atoms. The van der Waals surface area contributed by atoms with Crippen molar-refractivity contribution in [3.8, 4) is 0 Å². The minimum atomic E-state index is 0.668. The Morgan fingerprint density at radius 2 is 1.90 bits per heavy atom. The average Bonchev–Trinajstić information content (AvgIpc) is 1.95. The van der Waals surface area contributed by atoms with Crippen LogP contribution in [0.3, 0.4) is 0 Å². The summed E-state index contributed by atoms with van der Waals surface area (Å²) in [5.74, 6) is 0.668. The lowest BCUT2D eigenvalue weighted by Gasteiger charge is -2.00. The van der Waals surface area contributed by atoms with E-state index < -0.39 is 0 Å². The summed E-state index contributed by atoms with van der Waals surface area (Å²) in [6, 6.07) is 7.98. The molecule has 1 aromatic rings. The van der Waals surface area contributed by atoms with E-state index in [-0.39, 0.29) is 0 Å². The Morgan fingerprint density at radius 1 is 1.30 bits per heavy atom. The molecule has 0 aromatic heterocycles. The minimum absolute atomic E-state index is 0.668. The summed E-state index contributed by atoms with van der Waals surface area (Å²) < 4.78 is 1.09. The molecule has 0 heterocycles. The monoisotopic (exact) mass is 217 g/mol. The topological polar surface area (TPSA) is 12.0 Å². The van der Waals surface area contributed by atoms with Gasteiger partial charge in [0.25, 0.3) is 0 Å². The molecule has 54 valence electrons. The predicted molar refractivity (Wildman–Crippen MR) is 51.6 cm³/mol. The van der Waals surface area contributed by atoms with Gasteiger partial charge in [0.05, 0.1) is 5.88 Å². The molecule has 1 aromatic carbocycles. The van der Waals surface area contributed by atoms with Gasteiger partial charge in [-0.05, 0) is 24.3 Å². The second kappa shape index (κ2) is 3.88. The van der Waals surface area contributed by atoms with E-state index in [1.807, 2.05) is 24.3 Å². The quantitative estimate of drug-likeness (QED) is 0.574. The van der Waals surface area contributed by atoms with E-state index in [2.05, 4.69) is 33.9 Å². The summed E-state index contributed by atoms with van der Waals surface area (Å²) in [6.07, 6.45) is 0. The zero-order chi connectivity index (χ0) is 7.40. The highest BCUT2D eigenvalue weighted by Crippen LogP contribution is 2.13. The van der Waals surface area contributed by atoms with Crippen LogP contribution in [-0.4, -0.2) is 5.88 Å². The molecule has 0 saturated carbocycles. The Hall–Kier alpha value is -0.150. The van der Waals surface area contributed by atoms with Crippen molar-refractivity contribution in [2.45, 2.75) is 0 Å². The smallest absolute Gasteiger partial charge is 0.0581 e. The molecule has 3 heteroatoms. The number of anilines is 1. The second-order valence-corrected chi connectivity index (χ2v) is 3.07. The summed E-state index contributed by atoms with van der Waals surface area (Å²) in [5.41, 5.74) is 1.10. The third-order valence-corrected chi connectivity index (χ3v) is 1.81. The maximum Gasteiger partial charge on any atom is 0.0581 e. The van der Waals surface area contributed by atoms with Gasteiger partial charge in [0.2, 0.25) is 0 Å². The second-order valence-electron chi connectivity index (χ2n) is 1.84. The number of thiol groups is 1. The fraction of sp³-hybridized carbons (Fsp3) is 0.143. The van der Waals surface area contributed by atoms with Crippen molar-refractivity contribution in [2.75, 3.05) is 11.2 Å². The number of hydrogen-bond acceptors (Lipinski definition) is 2. The van der Waals surface area contributed by atoms with E-state index >= 15 is 0 Å². The summed E-state index contributed by atoms with van der Waals surface area (Å²) in [7, 11) is 0. The normalized spacial score (nSPS) is 9.40. The van der Waals surface area contributed by atoms with Crippen LogP contribution < -0.4 is 5.32 Å². The van der Waals surface area contributed by atoms with Gasteiger partial charge < -0.3 is 5.32 Å². The number of halogens is 1. The van der Waals surface area contributed by atoms with Gasteiger partial charge in [-0.25, -0.2) is 0 Å². The lowest BCUT2D eigenvalue weighted by Crippen LogP contribution is -1.92. The Labute approximate surface area is 74.4 Å². The third kappa shape index (κ3) is 2.23. The highest BCUT2D eigenvalue weighted by atomic mass is 79.9. The number of nitrogens with one attached hydrogen (secondary N) is 1. The fourth-order valence-corrected chi connectivity index (χ4v) is 1.11. The molecule has 0 aliphatic rings. The van der Waals surface area contributed by atoms with E-state index in [0.29, 0.717) is 5.88 Å². The predicted octanol–water partition coefficient (Wildman–Crippen LogP) is 2.75. The summed E-state index contributed by atoms with van der Waals surface area (Å²) in [5, 5.41) is 3.08. The zero-order valence-electron chi connectivity index (χ0n) is 5.34. The van der Waals surface area contributed by atoms with Gasteiger partial charge in [-0.1, -0.05) is 15.9 Å². The van der Waals surface area contributed by atoms with Crippen molar-refractivity contribution in [2.24, 2.45) is 0 Å². The van der Waals surface area contributed by atoms with Crippen LogP contribution in [0.2, 0.25) is 0 Å². The highest BCUT2D eigenvalue weighted by Gasteiger charge is 1.87. The van der Waals surface area contributed by atoms with E-state index in [1.165, 1.54) is 0 Å². The molecule has 0 unspecified atom stereocenters. The molecule has 0 atom stereocenters. The molecular weight excluding hydrogens is 210 g/mol. The van der Waals surface area contributed by atoms with Crippen LogP contribution >= 0.6 is 28.6 Å². The van der Waals surface area contributed by atoms with Crippen molar-refractivity contribution in [3.63, 3.8) is 0 Å². The van der Waals surface area contributed by atoms with Crippen molar-refractivity contribution in [1.29, 1.82) is 0 Å². The van der Waals surface area contributed by atoms with Crippen LogP contribution in [0.15, 0.2) is 28.7 Å². The van der Waals surface area contributed by atoms with Gasteiger partial charge >= 0.3 is 0 Å². The van der Waals surface area contributed by atoms with Crippen LogP contribution in [0.1, 0.15) is 0 Å². The number of benzene rings is 1. The largest absolute Gasteiger partial charge is 0.376 e. The summed E-state index contributed by atoms with van der Waals surface area (Å²) in [4.78, 5) is 0. The van der Waals surface area contributed by atoms with Gasteiger partial charge in [0.15, 0.2) is 0 Å².